The zero-order valence-electron chi connectivity index (χ0n) is 10.2. The van der Waals surface area contributed by atoms with E-state index in [1.807, 2.05) is 0 Å². The van der Waals surface area contributed by atoms with Crippen LogP contribution in [0.4, 0.5) is 0 Å². The molecule has 5 N–H and O–H groups in total. The van der Waals surface area contributed by atoms with Gasteiger partial charge in [-0.15, -0.1) is 0 Å². The highest BCUT2D eigenvalue weighted by Gasteiger charge is 2.16. The molecule has 2 rings (SSSR count). The lowest BCUT2D eigenvalue weighted by atomic mass is 10.1. The van der Waals surface area contributed by atoms with Crippen LogP contribution in [-0.4, -0.2) is 35.0 Å². The predicted molar refractivity (Wildman–Crippen MR) is 67.7 cm³/mol. The van der Waals surface area contributed by atoms with Gasteiger partial charge in [-0.25, -0.2) is 9.80 Å². The van der Waals surface area contributed by atoms with Crippen molar-refractivity contribution in [2.75, 3.05) is 14.1 Å². The van der Waals surface area contributed by atoms with Crippen molar-refractivity contribution in [2.24, 2.45) is 5.73 Å². The van der Waals surface area contributed by atoms with E-state index in [-0.39, 0.29) is 11.6 Å². The molecule has 0 saturated heterocycles. The zero-order chi connectivity index (χ0) is 13.3. The summed E-state index contributed by atoms with van der Waals surface area (Å²) in [6.45, 7) is 0. The fourth-order valence-electron chi connectivity index (χ4n) is 1.68. The van der Waals surface area contributed by atoms with Crippen molar-refractivity contribution in [1.29, 1.82) is 0 Å². The summed E-state index contributed by atoms with van der Waals surface area (Å²) >= 11 is 0. The number of nitrogens with one attached hydrogen (secondary N) is 3. The molecule has 7 nitrogen and oxygen atoms in total. The fourth-order valence-corrected chi connectivity index (χ4v) is 1.68. The molecule has 1 aromatic carbocycles. The SMILES string of the molecule is CN(C)NC(=O)C(N)c1ccc2[nH]c(=O)[nH]c2c1. The molecule has 1 atom stereocenters. The van der Waals surface area contributed by atoms with E-state index >= 15 is 0 Å². The van der Waals surface area contributed by atoms with E-state index in [4.69, 9.17) is 5.73 Å². The van der Waals surface area contributed by atoms with Gasteiger partial charge >= 0.3 is 5.69 Å². The molecule has 1 aromatic heterocycles. The summed E-state index contributed by atoms with van der Waals surface area (Å²) in [5, 5.41) is 1.53. The van der Waals surface area contributed by atoms with Crippen LogP contribution in [0.5, 0.6) is 0 Å². The molecule has 0 aliphatic heterocycles. The van der Waals surface area contributed by atoms with Gasteiger partial charge in [-0.2, -0.15) is 0 Å². The molecular formula is C11H15N5O2. The third-order valence-electron chi connectivity index (χ3n) is 2.52. The number of imidazole rings is 1. The first kappa shape index (κ1) is 12.3. The van der Waals surface area contributed by atoms with Gasteiger partial charge in [0.05, 0.1) is 11.0 Å². The number of hydrogen-bond acceptors (Lipinski definition) is 4. The van der Waals surface area contributed by atoms with Gasteiger partial charge in [0.2, 0.25) is 0 Å². The Hall–Kier alpha value is -2.12. The van der Waals surface area contributed by atoms with E-state index < -0.39 is 6.04 Å². The number of aromatic amines is 2. The molecule has 2 aromatic rings. The van der Waals surface area contributed by atoms with Crippen LogP contribution in [0, 0.1) is 0 Å². The molecule has 7 heteroatoms. The van der Waals surface area contributed by atoms with Crippen molar-refractivity contribution in [2.45, 2.75) is 6.04 Å². The number of rotatable bonds is 3. The number of benzene rings is 1. The number of carbonyl (C=O) groups is 1. The van der Waals surface area contributed by atoms with Crippen LogP contribution in [0.15, 0.2) is 23.0 Å². The summed E-state index contributed by atoms with van der Waals surface area (Å²) in [4.78, 5) is 28.1. The minimum absolute atomic E-state index is 0.284. The van der Waals surface area contributed by atoms with Gasteiger partial charge < -0.3 is 15.7 Å². The maximum atomic E-state index is 11.7. The Morgan fingerprint density at radius 2 is 2.00 bits per heavy atom. The standard InChI is InChI=1S/C11H15N5O2/c1-16(2)15-10(17)9(12)6-3-4-7-8(5-6)14-11(18)13-7/h3-5,9H,12H2,1-2H3,(H,15,17)(H2,13,14,18). The first-order valence-corrected chi connectivity index (χ1v) is 5.42. The van der Waals surface area contributed by atoms with Crippen LogP contribution in [0.2, 0.25) is 0 Å². The lowest BCUT2D eigenvalue weighted by molar-refractivity contribution is -0.126. The van der Waals surface area contributed by atoms with Gasteiger partial charge in [0.15, 0.2) is 0 Å². The molecule has 18 heavy (non-hydrogen) atoms. The fraction of sp³-hybridized carbons (Fsp3) is 0.273. The second-order valence-corrected chi connectivity index (χ2v) is 4.23. The van der Waals surface area contributed by atoms with Crippen LogP contribution in [0.3, 0.4) is 0 Å². The number of nitrogens with two attached hydrogens (primary N) is 1. The largest absolute Gasteiger partial charge is 0.323 e. The van der Waals surface area contributed by atoms with E-state index in [2.05, 4.69) is 15.4 Å². The molecule has 1 unspecified atom stereocenters. The Morgan fingerprint density at radius 3 is 2.67 bits per heavy atom. The van der Waals surface area contributed by atoms with Crippen molar-refractivity contribution in [3.05, 3.63) is 34.2 Å². The number of amides is 1. The Kier molecular flexibility index (Phi) is 3.17. The Balaban J connectivity index is 2.30. The van der Waals surface area contributed by atoms with Crippen LogP contribution >= 0.6 is 0 Å². The normalized spacial score (nSPS) is 12.9. The second-order valence-electron chi connectivity index (χ2n) is 4.23. The maximum Gasteiger partial charge on any atom is 0.323 e. The van der Waals surface area contributed by atoms with Crippen molar-refractivity contribution >= 4 is 16.9 Å². The van der Waals surface area contributed by atoms with Gasteiger partial charge in [-0.05, 0) is 17.7 Å². The van der Waals surface area contributed by atoms with E-state index in [0.29, 0.717) is 16.6 Å². The van der Waals surface area contributed by atoms with Gasteiger partial charge in [-0.1, -0.05) is 6.07 Å². The summed E-state index contributed by atoms with van der Waals surface area (Å²) in [6, 6.07) is 4.33. The van der Waals surface area contributed by atoms with Crippen molar-refractivity contribution in [1.82, 2.24) is 20.4 Å². The van der Waals surface area contributed by atoms with Crippen LogP contribution < -0.4 is 16.8 Å². The van der Waals surface area contributed by atoms with Gasteiger partial charge in [0, 0.05) is 14.1 Å². The highest BCUT2D eigenvalue weighted by molar-refractivity contribution is 5.84. The van der Waals surface area contributed by atoms with E-state index in [1.54, 1.807) is 32.3 Å². The lowest BCUT2D eigenvalue weighted by Gasteiger charge is -2.16. The van der Waals surface area contributed by atoms with E-state index in [9.17, 15) is 9.59 Å². The van der Waals surface area contributed by atoms with Crippen molar-refractivity contribution in [3.63, 3.8) is 0 Å². The summed E-state index contributed by atoms with van der Waals surface area (Å²) in [5.41, 5.74) is 10.1. The molecule has 0 radical (unpaired) electrons. The van der Waals surface area contributed by atoms with Crippen molar-refractivity contribution < 1.29 is 4.79 Å². The number of hydrogen-bond donors (Lipinski definition) is 4. The summed E-state index contributed by atoms with van der Waals surface area (Å²) < 4.78 is 0. The molecule has 0 spiro atoms. The minimum atomic E-state index is -0.782. The molecule has 1 heterocycles. The van der Waals surface area contributed by atoms with Crippen LogP contribution in [0.1, 0.15) is 11.6 Å². The first-order chi connectivity index (χ1) is 8.47. The van der Waals surface area contributed by atoms with Crippen molar-refractivity contribution in [3.8, 4) is 0 Å². The third kappa shape index (κ3) is 2.41. The second kappa shape index (κ2) is 4.63. The third-order valence-corrected chi connectivity index (χ3v) is 2.52. The minimum Gasteiger partial charge on any atom is -0.316 e. The van der Waals surface area contributed by atoms with Crippen LogP contribution in [-0.2, 0) is 4.79 Å². The average Bonchev–Trinajstić information content (AvgIpc) is 2.65. The Labute approximate surface area is 103 Å². The zero-order valence-corrected chi connectivity index (χ0v) is 10.2. The highest BCUT2D eigenvalue weighted by Crippen LogP contribution is 2.15. The molecule has 0 aliphatic rings. The number of aromatic nitrogens is 2. The molecule has 0 saturated carbocycles. The summed E-state index contributed by atoms with van der Waals surface area (Å²) in [5.74, 6) is -0.308. The van der Waals surface area contributed by atoms with Gasteiger partial charge in [0.25, 0.3) is 5.91 Å². The highest BCUT2D eigenvalue weighted by atomic mass is 16.2. The maximum absolute atomic E-state index is 11.7. The molecule has 0 bridgehead atoms. The Bertz CT molecular complexity index is 628. The molecular weight excluding hydrogens is 234 g/mol. The number of hydrazine groups is 1. The molecule has 96 valence electrons. The number of H-pyrrole nitrogens is 2. The number of nitrogens with zero attached hydrogens (tertiary/aromatic N) is 1. The Morgan fingerprint density at radius 1 is 1.33 bits per heavy atom. The molecule has 0 aliphatic carbocycles. The number of carbonyl (C=O) groups excluding carboxylic acids is 1. The monoisotopic (exact) mass is 249 g/mol. The van der Waals surface area contributed by atoms with Crippen LogP contribution in [0.25, 0.3) is 11.0 Å². The van der Waals surface area contributed by atoms with E-state index in [1.165, 1.54) is 5.01 Å². The quantitative estimate of drug-likeness (QED) is 0.547. The summed E-state index contributed by atoms with van der Waals surface area (Å²) in [6.07, 6.45) is 0. The molecule has 0 fully saturated rings. The predicted octanol–water partition coefficient (Wildman–Crippen LogP) is -0.551. The lowest BCUT2D eigenvalue weighted by Crippen LogP contribution is -2.41. The first-order valence-electron chi connectivity index (χ1n) is 5.42. The van der Waals surface area contributed by atoms with Gasteiger partial charge in [-0.3, -0.25) is 10.2 Å². The smallest absolute Gasteiger partial charge is 0.316 e. The van der Waals surface area contributed by atoms with E-state index in [0.717, 1.165) is 0 Å². The van der Waals surface area contributed by atoms with Gasteiger partial charge in [0.1, 0.15) is 6.04 Å². The number of fused-ring (bicyclic) bond motifs is 1. The molecule has 1 amide bonds. The summed E-state index contributed by atoms with van der Waals surface area (Å²) in [7, 11) is 3.41. The topological polar surface area (TPSA) is 107 Å². The average molecular weight is 249 g/mol.